The molecule has 18 heavy (non-hydrogen) atoms. The molecule has 1 aromatic carbocycles. The first-order valence-corrected chi connectivity index (χ1v) is 6.02. The number of anilines is 1. The zero-order valence-corrected chi connectivity index (χ0v) is 11.2. The minimum absolute atomic E-state index is 0.279. The zero-order valence-electron chi connectivity index (χ0n) is 9.60. The van der Waals surface area contributed by atoms with Crippen molar-refractivity contribution in [3.63, 3.8) is 0 Å². The molecule has 5 heteroatoms. The molecule has 92 valence electrons. The van der Waals surface area contributed by atoms with E-state index in [0.717, 1.165) is 0 Å². The number of hydrogen-bond acceptors (Lipinski definition) is 2. The molecule has 0 fully saturated rings. The number of hydrogen-bond donors (Lipinski definition) is 0. The van der Waals surface area contributed by atoms with Gasteiger partial charge in [-0.2, -0.15) is 0 Å². The number of halogens is 2. The first-order valence-electron chi connectivity index (χ1n) is 5.22. The second kappa shape index (κ2) is 5.27. The Morgan fingerprint density at radius 2 is 2.17 bits per heavy atom. The normalized spacial score (nSPS) is 10.2. The van der Waals surface area contributed by atoms with Crippen LogP contribution in [0.15, 0.2) is 47.2 Å². The zero-order chi connectivity index (χ0) is 13.1. The third-order valence-corrected chi connectivity index (χ3v) is 3.19. The number of amides is 1. The van der Waals surface area contributed by atoms with E-state index in [-0.39, 0.29) is 11.5 Å². The number of aromatic nitrogens is 1. The Morgan fingerprint density at radius 3 is 2.83 bits per heavy atom. The average Bonchev–Trinajstić information content (AvgIpc) is 2.41. The highest BCUT2D eigenvalue weighted by Crippen LogP contribution is 2.21. The lowest BCUT2D eigenvalue weighted by molar-refractivity contribution is 0.0992. The predicted octanol–water partition coefficient (Wildman–Crippen LogP) is 3.26. The largest absolute Gasteiger partial charge is 0.310 e. The summed E-state index contributed by atoms with van der Waals surface area (Å²) in [4.78, 5) is 17.6. The molecule has 0 atom stereocenters. The van der Waals surface area contributed by atoms with E-state index < -0.39 is 5.82 Å². The third-order valence-electron chi connectivity index (χ3n) is 2.50. The van der Waals surface area contributed by atoms with Gasteiger partial charge in [-0.25, -0.2) is 4.39 Å². The highest BCUT2D eigenvalue weighted by molar-refractivity contribution is 9.10. The molecular formula is C13H10BrFN2O. The molecular weight excluding hydrogens is 299 g/mol. The monoisotopic (exact) mass is 308 g/mol. The van der Waals surface area contributed by atoms with Crippen molar-refractivity contribution in [3.05, 3.63) is 58.6 Å². The van der Waals surface area contributed by atoms with Crippen LogP contribution in [0.25, 0.3) is 0 Å². The molecule has 0 aliphatic rings. The molecule has 0 spiro atoms. The molecule has 0 saturated heterocycles. The molecule has 0 radical (unpaired) electrons. The van der Waals surface area contributed by atoms with Gasteiger partial charge in [-0.3, -0.25) is 9.78 Å². The van der Waals surface area contributed by atoms with Crippen molar-refractivity contribution in [1.82, 2.24) is 4.98 Å². The van der Waals surface area contributed by atoms with Gasteiger partial charge in [0.1, 0.15) is 5.82 Å². The fourth-order valence-corrected chi connectivity index (χ4v) is 1.93. The molecule has 0 bridgehead atoms. The Hall–Kier alpha value is -1.75. The van der Waals surface area contributed by atoms with Gasteiger partial charge in [0.15, 0.2) is 0 Å². The second-order valence-electron chi connectivity index (χ2n) is 3.70. The van der Waals surface area contributed by atoms with E-state index in [1.807, 2.05) is 0 Å². The van der Waals surface area contributed by atoms with Crippen LogP contribution in [0.4, 0.5) is 10.1 Å². The maximum absolute atomic E-state index is 13.2. The van der Waals surface area contributed by atoms with E-state index in [1.54, 1.807) is 31.6 Å². The van der Waals surface area contributed by atoms with E-state index in [1.165, 1.54) is 23.1 Å². The van der Waals surface area contributed by atoms with Crippen molar-refractivity contribution in [2.75, 3.05) is 11.9 Å². The van der Waals surface area contributed by atoms with Gasteiger partial charge in [0, 0.05) is 17.7 Å². The van der Waals surface area contributed by atoms with Crippen molar-refractivity contribution in [1.29, 1.82) is 0 Å². The Morgan fingerprint density at radius 1 is 1.39 bits per heavy atom. The van der Waals surface area contributed by atoms with Crippen LogP contribution in [0, 0.1) is 5.82 Å². The Balaban J connectivity index is 2.34. The minimum atomic E-state index is -0.443. The molecule has 0 aliphatic carbocycles. The lowest BCUT2D eigenvalue weighted by Crippen LogP contribution is -2.26. The summed E-state index contributed by atoms with van der Waals surface area (Å²) in [5.41, 5.74) is 0.931. The summed E-state index contributed by atoms with van der Waals surface area (Å²) in [5, 5.41) is 0. The molecule has 1 amide bonds. The van der Waals surface area contributed by atoms with Crippen LogP contribution >= 0.6 is 15.9 Å². The smallest absolute Gasteiger partial charge is 0.259 e. The Bertz CT molecular complexity index is 574. The molecule has 2 rings (SSSR count). The molecule has 1 heterocycles. The predicted molar refractivity (Wildman–Crippen MR) is 71.1 cm³/mol. The number of carbonyl (C=O) groups excluding carboxylic acids is 1. The first-order chi connectivity index (χ1) is 8.59. The first kappa shape index (κ1) is 12.7. The summed E-state index contributed by atoms with van der Waals surface area (Å²) >= 11 is 3.24. The third kappa shape index (κ3) is 2.56. The van der Waals surface area contributed by atoms with E-state index in [9.17, 15) is 9.18 Å². The number of carbonyl (C=O) groups is 1. The van der Waals surface area contributed by atoms with Crippen molar-refractivity contribution in [2.45, 2.75) is 0 Å². The fraction of sp³-hybridized carbons (Fsp3) is 0.0769. The molecule has 0 unspecified atom stereocenters. The van der Waals surface area contributed by atoms with Crippen LogP contribution < -0.4 is 4.90 Å². The van der Waals surface area contributed by atoms with Crippen molar-refractivity contribution < 1.29 is 9.18 Å². The fourth-order valence-electron chi connectivity index (χ4n) is 1.51. The van der Waals surface area contributed by atoms with Gasteiger partial charge in [-0.05, 0) is 46.3 Å². The summed E-state index contributed by atoms with van der Waals surface area (Å²) in [6.45, 7) is 0. The lowest BCUT2D eigenvalue weighted by Gasteiger charge is -2.17. The van der Waals surface area contributed by atoms with Gasteiger partial charge < -0.3 is 4.90 Å². The summed E-state index contributed by atoms with van der Waals surface area (Å²) < 4.78 is 13.7. The highest BCUT2D eigenvalue weighted by atomic mass is 79.9. The van der Waals surface area contributed by atoms with Crippen molar-refractivity contribution in [2.24, 2.45) is 0 Å². The van der Waals surface area contributed by atoms with Gasteiger partial charge in [0.05, 0.1) is 17.4 Å². The van der Waals surface area contributed by atoms with Gasteiger partial charge in [-0.15, -0.1) is 0 Å². The Kier molecular flexibility index (Phi) is 3.72. The van der Waals surface area contributed by atoms with E-state index in [0.29, 0.717) is 10.2 Å². The maximum Gasteiger partial charge on any atom is 0.259 e. The lowest BCUT2D eigenvalue weighted by atomic mass is 10.2. The molecule has 1 aromatic heterocycles. The maximum atomic E-state index is 13.2. The van der Waals surface area contributed by atoms with Gasteiger partial charge in [0.2, 0.25) is 0 Å². The number of pyridine rings is 1. The standard InChI is InChI=1S/C13H10BrFN2O/c1-17(10-3-2-6-16-8-10)13(18)11-7-9(15)4-5-12(11)14/h2-8H,1H3. The molecule has 0 N–H and O–H groups in total. The second-order valence-corrected chi connectivity index (χ2v) is 4.55. The van der Waals surface area contributed by atoms with Crippen molar-refractivity contribution in [3.8, 4) is 0 Å². The van der Waals surface area contributed by atoms with Crippen LogP contribution in [0.5, 0.6) is 0 Å². The van der Waals surface area contributed by atoms with E-state index in [4.69, 9.17) is 0 Å². The average molecular weight is 309 g/mol. The SMILES string of the molecule is CN(C(=O)c1cc(F)ccc1Br)c1cccnc1. The van der Waals surface area contributed by atoms with Crippen LogP contribution in [0.3, 0.4) is 0 Å². The summed E-state index contributed by atoms with van der Waals surface area (Å²) in [6.07, 6.45) is 3.20. The summed E-state index contributed by atoms with van der Waals surface area (Å²) in [6, 6.07) is 7.52. The minimum Gasteiger partial charge on any atom is -0.310 e. The number of rotatable bonds is 2. The van der Waals surface area contributed by atoms with Crippen LogP contribution in [0.1, 0.15) is 10.4 Å². The topological polar surface area (TPSA) is 33.2 Å². The number of nitrogens with zero attached hydrogens (tertiary/aromatic N) is 2. The van der Waals surface area contributed by atoms with Crippen LogP contribution in [0.2, 0.25) is 0 Å². The summed E-state index contributed by atoms with van der Waals surface area (Å²) in [7, 11) is 1.62. The van der Waals surface area contributed by atoms with Gasteiger partial charge in [0.25, 0.3) is 5.91 Å². The number of benzene rings is 1. The molecule has 3 nitrogen and oxygen atoms in total. The Labute approximate surface area is 112 Å². The van der Waals surface area contributed by atoms with Gasteiger partial charge >= 0.3 is 0 Å². The van der Waals surface area contributed by atoms with Crippen molar-refractivity contribution >= 4 is 27.5 Å². The quantitative estimate of drug-likeness (QED) is 0.853. The highest BCUT2D eigenvalue weighted by Gasteiger charge is 2.17. The van der Waals surface area contributed by atoms with Crippen LogP contribution in [-0.2, 0) is 0 Å². The van der Waals surface area contributed by atoms with Crippen LogP contribution in [-0.4, -0.2) is 17.9 Å². The van der Waals surface area contributed by atoms with E-state index >= 15 is 0 Å². The molecule has 2 aromatic rings. The van der Waals surface area contributed by atoms with Gasteiger partial charge in [-0.1, -0.05) is 0 Å². The molecule has 0 saturated carbocycles. The summed E-state index contributed by atoms with van der Waals surface area (Å²) in [5.74, 6) is -0.740. The molecule has 0 aliphatic heterocycles. The van der Waals surface area contributed by atoms with E-state index in [2.05, 4.69) is 20.9 Å².